The van der Waals surface area contributed by atoms with E-state index in [1.807, 2.05) is 0 Å². The van der Waals surface area contributed by atoms with E-state index in [1.54, 1.807) is 0 Å². The standard InChI is InChI=1S/C9H21O3P/c1-4-6-7-9(5-2)8-12-13(3,10)11/h9H,4-8H2,1-3H3,(H,10,11). The van der Waals surface area contributed by atoms with Crippen molar-refractivity contribution in [2.45, 2.75) is 39.5 Å². The van der Waals surface area contributed by atoms with Gasteiger partial charge in [0, 0.05) is 6.66 Å². The lowest BCUT2D eigenvalue weighted by molar-refractivity contribution is 0.207. The minimum atomic E-state index is -3.26. The Hall–Kier alpha value is 0.150. The van der Waals surface area contributed by atoms with Crippen LogP contribution in [-0.4, -0.2) is 18.2 Å². The van der Waals surface area contributed by atoms with Crippen molar-refractivity contribution >= 4 is 7.60 Å². The topological polar surface area (TPSA) is 46.5 Å². The normalized spacial score (nSPS) is 18.2. The van der Waals surface area contributed by atoms with E-state index in [-0.39, 0.29) is 0 Å². The summed E-state index contributed by atoms with van der Waals surface area (Å²) in [5.41, 5.74) is 0. The van der Waals surface area contributed by atoms with Crippen molar-refractivity contribution in [3.63, 3.8) is 0 Å². The molecule has 0 radical (unpaired) electrons. The fourth-order valence-electron chi connectivity index (χ4n) is 1.14. The van der Waals surface area contributed by atoms with Crippen molar-refractivity contribution in [2.75, 3.05) is 13.3 Å². The van der Waals surface area contributed by atoms with Gasteiger partial charge in [0.15, 0.2) is 0 Å². The van der Waals surface area contributed by atoms with Gasteiger partial charge >= 0.3 is 7.60 Å². The largest absolute Gasteiger partial charge is 0.325 e. The molecule has 0 saturated carbocycles. The molecule has 0 rings (SSSR count). The van der Waals surface area contributed by atoms with Crippen LogP contribution in [0.15, 0.2) is 0 Å². The van der Waals surface area contributed by atoms with Crippen LogP contribution in [0.5, 0.6) is 0 Å². The first-order chi connectivity index (χ1) is 5.99. The molecular formula is C9H21O3P. The zero-order chi connectivity index (χ0) is 10.3. The van der Waals surface area contributed by atoms with Crippen LogP contribution in [0.1, 0.15) is 39.5 Å². The summed E-state index contributed by atoms with van der Waals surface area (Å²) in [6, 6.07) is 0. The molecule has 0 heterocycles. The monoisotopic (exact) mass is 208 g/mol. The lowest BCUT2D eigenvalue weighted by Crippen LogP contribution is -2.07. The van der Waals surface area contributed by atoms with E-state index in [4.69, 9.17) is 9.42 Å². The molecule has 0 aliphatic rings. The van der Waals surface area contributed by atoms with Gasteiger partial charge in [-0.1, -0.05) is 33.1 Å². The number of rotatable bonds is 7. The molecule has 2 unspecified atom stereocenters. The predicted molar refractivity (Wildman–Crippen MR) is 55.0 cm³/mol. The number of unbranched alkanes of at least 4 members (excludes halogenated alkanes) is 1. The van der Waals surface area contributed by atoms with Crippen LogP contribution in [0.4, 0.5) is 0 Å². The summed E-state index contributed by atoms with van der Waals surface area (Å²) >= 11 is 0. The molecule has 4 heteroatoms. The van der Waals surface area contributed by atoms with Crippen LogP contribution in [0, 0.1) is 5.92 Å². The third kappa shape index (κ3) is 8.48. The first-order valence-corrected chi connectivity index (χ1v) is 6.96. The molecule has 13 heavy (non-hydrogen) atoms. The van der Waals surface area contributed by atoms with E-state index in [0.29, 0.717) is 12.5 Å². The molecular weight excluding hydrogens is 187 g/mol. The van der Waals surface area contributed by atoms with Gasteiger partial charge in [-0.2, -0.15) is 0 Å². The second-order valence-corrected chi connectivity index (χ2v) is 5.38. The highest BCUT2D eigenvalue weighted by atomic mass is 31.2. The number of hydrogen-bond donors (Lipinski definition) is 1. The summed E-state index contributed by atoms with van der Waals surface area (Å²) in [4.78, 5) is 8.92. The highest BCUT2D eigenvalue weighted by molar-refractivity contribution is 7.51. The van der Waals surface area contributed by atoms with Crippen LogP contribution in [0.3, 0.4) is 0 Å². The molecule has 0 aromatic carbocycles. The summed E-state index contributed by atoms with van der Waals surface area (Å²) in [7, 11) is -3.26. The fraction of sp³-hybridized carbons (Fsp3) is 1.00. The molecule has 0 aromatic heterocycles. The first-order valence-electron chi connectivity index (χ1n) is 4.94. The van der Waals surface area contributed by atoms with E-state index in [0.717, 1.165) is 12.8 Å². The Morgan fingerprint density at radius 2 is 2.08 bits per heavy atom. The van der Waals surface area contributed by atoms with Crippen LogP contribution in [0.25, 0.3) is 0 Å². The summed E-state index contributed by atoms with van der Waals surface area (Å²) in [6.45, 7) is 5.88. The molecule has 0 aliphatic heterocycles. The second-order valence-electron chi connectivity index (χ2n) is 3.52. The van der Waals surface area contributed by atoms with Gasteiger partial charge in [-0.05, 0) is 12.3 Å². The maximum absolute atomic E-state index is 10.8. The Bertz CT molecular complexity index is 164. The smallest absolute Gasteiger partial charge is 0.324 e. The Kier molecular flexibility index (Phi) is 6.66. The van der Waals surface area contributed by atoms with Crippen molar-refractivity contribution in [3.05, 3.63) is 0 Å². The molecule has 0 amide bonds. The van der Waals surface area contributed by atoms with Gasteiger partial charge in [0.1, 0.15) is 0 Å². The maximum atomic E-state index is 10.8. The second kappa shape index (κ2) is 6.58. The minimum Gasteiger partial charge on any atom is -0.324 e. The zero-order valence-corrected chi connectivity index (χ0v) is 9.72. The molecule has 1 N–H and O–H groups in total. The van der Waals surface area contributed by atoms with Gasteiger partial charge in [-0.25, -0.2) is 0 Å². The highest BCUT2D eigenvalue weighted by Gasteiger charge is 2.13. The van der Waals surface area contributed by atoms with Crippen molar-refractivity contribution < 1.29 is 14.0 Å². The van der Waals surface area contributed by atoms with Gasteiger partial charge in [-0.3, -0.25) is 4.57 Å². The number of hydrogen-bond acceptors (Lipinski definition) is 2. The van der Waals surface area contributed by atoms with Crippen LogP contribution in [-0.2, 0) is 9.09 Å². The average molecular weight is 208 g/mol. The van der Waals surface area contributed by atoms with Crippen molar-refractivity contribution in [2.24, 2.45) is 5.92 Å². The van der Waals surface area contributed by atoms with Crippen LogP contribution < -0.4 is 0 Å². The third-order valence-corrected chi connectivity index (χ3v) is 2.72. The lowest BCUT2D eigenvalue weighted by Gasteiger charge is -2.15. The highest BCUT2D eigenvalue weighted by Crippen LogP contribution is 2.37. The van der Waals surface area contributed by atoms with Crippen LogP contribution >= 0.6 is 7.60 Å². The maximum Gasteiger partial charge on any atom is 0.325 e. The van der Waals surface area contributed by atoms with Crippen molar-refractivity contribution in [3.8, 4) is 0 Å². The van der Waals surface area contributed by atoms with Gasteiger partial charge in [0.2, 0.25) is 0 Å². The summed E-state index contributed by atoms with van der Waals surface area (Å²) in [5, 5.41) is 0. The molecule has 2 atom stereocenters. The SMILES string of the molecule is CCCCC(CC)COP(C)(=O)O. The van der Waals surface area contributed by atoms with Gasteiger partial charge < -0.3 is 9.42 Å². The molecule has 0 aromatic rings. The van der Waals surface area contributed by atoms with E-state index >= 15 is 0 Å². The van der Waals surface area contributed by atoms with Crippen molar-refractivity contribution in [1.29, 1.82) is 0 Å². The minimum absolute atomic E-state index is 0.417. The van der Waals surface area contributed by atoms with Crippen molar-refractivity contribution in [1.82, 2.24) is 0 Å². The molecule has 3 nitrogen and oxygen atoms in total. The van der Waals surface area contributed by atoms with Crippen LogP contribution in [0.2, 0.25) is 0 Å². The summed E-state index contributed by atoms with van der Waals surface area (Å²) < 4.78 is 15.7. The van der Waals surface area contributed by atoms with Gasteiger partial charge in [-0.15, -0.1) is 0 Å². The van der Waals surface area contributed by atoms with E-state index in [9.17, 15) is 4.57 Å². The Labute approximate surface area is 81.0 Å². The Balaban J connectivity index is 3.65. The van der Waals surface area contributed by atoms with Gasteiger partial charge in [0.05, 0.1) is 6.61 Å². The molecule has 80 valence electrons. The van der Waals surface area contributed by atoms with E-state index in [1.165, 1.54) is 19.5 Å². The average Bonchev–Trinajstić information content (AvgIpc) is 2.03. The molecule has 0 fully saturated rings. The predicted octanol–water partition coefficient (Wildman–Crippen LogP) is 3.03. The van der Waals surface area contributed by atoms with E-state index < -0.39 is 7.60 Å². The zero-order valence-electron chi connectivity index (χ0n) is 8.82. The Morgan fingerprint density at radius 3 is 2.46 bits per heavy atom. The van der Waals surface area contributed by atoms with Gasteiger partial charge in [0.25, 0.3) is 0 Å². The fourth-order valence-corrected chi connectivity index (χ4v) is 1.63. The van der Waals surface area contributed by atoms with E-state index in [2.05, 4.69) is 13.8 Å². The summed E-state index contributed by atoms with van der Waals surface area (Å²) in [6.07, 6.45) is 4.44. The Morgan fingerprint density at radius 1 is 1.46 bits per heavy atom. The molecule has 0 bridgehead atoms. The first kappa shape index (κ1) is 13.2. The lowest BCUT2D eigenvalue weighted by atomic mass is 10.0. The summed E-state index contributed by atoms with van der Waals surface area (Å²) in [5.74, 6) is 0.431. The molecule has 0 aliphatic carbocycles. The third-order valence-electron chi connectivity index (χ3n) is 2.09. The molecule has 0 saturated heterocycles. The molecule has 0 spiro atoms. The quantitative estimate of drug-likeness (QED) is 0.654.